The van der Waals surface area contributed by atoms with Gasteiger partial charge in [0, 0.05) is 24.0 Å². The molecule has 0 aliphatic carbocycles. The average Bonchev–Trinajstić information content (AvgIpc) is 2.36. The van der Waals surface area contributed by atoms with Crippen molar-refractivity contribution in [2.24, 2.45) is 0 Å². The molecule has 0 unspecified atom stereocenters. The Labute approximate surface area is 138 Å². The Balaban J connectivity index is 4.81. The van der Waals surface area contributed by atoms with Crippen LogP contribution >= 0.6 is 0 Å². The average molecular weight is 327 g/mol. The highest BCUT2D eigenvalue weighted by Gasteiger charge is 2.27. The molecular weight excluding hydrogens is 298 g/mol. The number of nitrogens with one attached hydrogen (secondary N) is 3. The minimum absolute atomic E-state index is 0.0414. The fourth-order valence-electron chi connectivity index (χ4n) is 1.93. The fraction of sp³-hybridized carbons (Fsp3) is 0.750. The molecule has 132 valence electrons. The number of rotatable bonds is 7. The van der Waals surface area contributed by atoms with E-state index < -0.39 is 18.1 Å². The van der Waals surface area contributed by atoms with E-state index in [-0.39, 0.29) is 30.0 Å². The van der Waals surface area contributed by atoms with Gasteiger partial charge in [0.05, 0.1) is 6.04 Å². The van der Waals surface area contributed by atoms with Gasteiger partial charge < -0.3 is 20.8 Å². The summed E-state index contributed by atoms with van der Waals surface area (Å²) in [5.74, 6) is 1.06. The van der Waals surface area contributed by atoms with Crippen LogP contribution in [0.15, 0.2) is 0 Å². The molecule has 7 nitrogen and oxygen atoms in total. The summed E-state index contributed by atoms with van der Waals surface area (Å²) in [7, 11) is 0. The van der Waals surface area contributed by atoms with E-state index in [9.17, 15) is 14.7 Å². The zero-order chi connectivity index (χ0) is 18.3. The second-order valence-corrected chi connectivity index (χ2v) is 7.47. The molecule has 0 aromatic heterocycles. The molecule has 0 aromatic carbocycles. The number of aliphatic hydroxyl groups excluding tert-OH is 1. The Hall–Kier alpha value is -1.78. The molecule has 5 N–H and O–H groups in total. The zero-order valence-corrected chi connectivity index (χ0v) is 14.8. The lowest BCUT2D eigenvalue weighted by molar-refractivity contribution is -0.140. The summed E-state index contributed by atoms with van der Waals surface area (Å²) in [4.78, 5) is 23.6. The standard InChI is InChI=1S/C16H29N3O4/c1-15(2,3)18-11(8-7-9-20)13(21)17-10-12(14(22)23)19-16(4,5)6/h11-12,18-20H,8,10H2,1-6H3,(H,17,21)(H,22,23)/t11-,12+/m0/s1. The predicted octanol–water partition coefficient (Wildman–Crippen LogP) is 0.424. The van der Waals surface area contributed by atoms with Crippen LogP contribution < -0.4 is 16.0 Å². The third kappa shape index (κ3) is 10.6. The molecule has 0 spiro atoms. The van der Waals surface area contributed by atoms with Crippen molar-refractivity contribution in [2.45, 2.75) is 71.1 Å². The van der Waals surface area contributed by atoms with Crippen LogP contribution in [0.5, 0.6) is 0 Å². The number of aliphatic carboxylic acids is 1. The minimum atomic E-state index is -1.03. The Morgan fingerprint density at radius 2 is 1.48 bits per heavy atom. The highest BCUT2D eigenvalue weighted by atomic mass is 16.4. The van der Waals surface area contributed by atoms with Gasteiger partial charge in [-0.1, -0.05) is 5.92 Å². The maximum atomic E-state index is 12.3. The van der Waals surface area contributed by atoms with Gasteiger partial charge in [-0.15, -0.1) is 0 Å². The van der Waals surface area contributed by atoms with E-state index in [0.29, 0.717) is 0 Å². The molecule has 0 bridgehead atoms. The van der Waals surface area contributed by atoms with Crippen molar-refractivity contribution in [1.29, 1.82) is 0 Å². The molecule has 0 radical (unpaired) electrons. The van der Waals surface area contributed by atoms with Gasteiger partial charge in [-0.05, 0) is 41.5 Å². The van der Waals surface area contributed by atoms with Crippen molar-refractivity contribution in [2.75, 3.05) is 6.54 Å². The summed E-state index contributed by atoms with van der Waals surface area (Å²) in [6, 6.07) is -1.53. The van der Waals surface area contributed by atoms with Crippen LogP contribution in [-0.4, -0.2) is 51.8 Å². The first-order valence-electron chi connectivity index (χ1n) is 7.53. The molecule has 2 atom stereocenters. The van der Waals surface area contributed by atoms with Crippen molar-refractivity contribution in [3.8, 4) is 12.0 Å². The summed E-state index contributed by atoms with van der Waals surface area (Å²) in [6.07, 6.45) is 1.91. The van der Waals surface area contributed by atoms with Crippen LogP contribution in [0.4, 0.5) is 0 Å². The van der Waals surface area contributed by atoms with Gasteiger partial charge in [0.25, 0.3) is 0 Å². The van der Waals surface area contributed by atoms with Crippen LogP contribution in [0.25, 0.3) is 0 Å². The highest BCUT2D eigenvalue weighted by Crippen LogP contribution is 2.05. The molecule has 0 fully saturated rings. The number of hydrogen-bond acceptors (Lipinski definition) is 5. The van der Waals surface area contributed by atoms with Crippen molar-refractivity contribution >= 4 is 11.9 Å². The maximum absolute atomic E-state index is 12.3. The third-order valence-corrected chi connectivity index (χ3v) is 2.69. The first-order chi connectivity index (χ1) is 10.4. The number of carboxylic acid groups (broad SMARTS) is 1. The van der Waals surface area contributed by atoms with E-state index in [1.54, 1.807) is 6.11 Å². The van der Waals surface area contributed by atoms with Crippen LogP contribution in [0.1, 0.15) is 48.0 Å². The lowest BCUT2D eigenvalue weighted by atomic mass is 10.0. The largest absolute Gasteiger partial charge is 0.480 e. The Kier molecular flexibility index (Phi) is 8.07. The van der Waals surface area contributed by atoms with E-state index in [1.807, 2.05) is 41.5 Å². The van der Waals surface area contributed by atoms with Gasteiger partial charge in [0.1, 0.15) is 12.1 Å². The summed E-state index contributed by atoms with van der Waals surface area (Å²) in [5.41, 5.74) is -0.714. The first-order valence-corrected chi connectivity index (χ1v) is 7.53. The molecule has 0 aliphatic rings. The second kappa shape index (κ2) is 8.75. The van der Waals surface area contributed by atoms with Gasteiger partial charge in [0.2, 0.25) is 5.91 Å². The first kappa shape index (κ1) is 21.2. The predicted molar refractivity (Wildman–Crippen MR) is 88.3 cm³/mol. The summed E-state index contributed by atoms with van der Waals surface area (Å²) >= 11 is 0. The molecule has 0 aliphatic heterocycles. The smallest absolute Gasteiger partial charge is 0.322 e. The number of carboxylic acids is 1. The van der Waals surface area contributed by atoms with Crippen LogP contribution in [-0.2, 0) is 9.59 Å². The van der Waals surface area contributed by atoms with Crippen molar-refractivity contribution in [3.05, 3.63) is 0 Å². The van der Waals surface area contributed by atoms with Gasteiger partial charge in [-0.25, -0.2) is 0 Å². The molecule has 1 amide bonds. The van der Waals surface area contributed by atoms with Crippen LogP contribution in [0.3, 0.4) is 0 Å². The monoisotopic (exact) mass is 327 g/mol. The van der Waals surface area contributed by atoms with Gasteiger partial charge in [-0.2, -0.15) is 0 Å². The molecule has 0 saturated carbocycles. The molecule has 0 heterocycles. The Morgan fingerprint density at radius 3 is 1.87 bits per heavy atom. The number of hydrogen-bond donors (Lipinski definition) is 5. The maximum Gasteiger partial charge on any atom is 0.322 e. The summed E-state index contributed by atoms with van der Waals surface area (Å²) in [6.45, 7) is 11.2. The summed E-state index contributed by atoms with van der Waals surface area (Å²) in [5, 5.41) is 26.5. The number of carbonyl (C=O) groups excluding carboxylic acids is 1. The molecule has 7 heteroatoms. The highest BCUT2D eigenvalue weighted by molar-refractivity contribution is 5.83. The number of amides is 1. The minimum Gasteiger partial charge on any atom is -0.480 e. The fourth-order valence-corrected chi connectivity index (χ4v) is 1.93. The van der Waals surface area contributed by atoms with E-state index in [1.165, 1.54) is 0 Å². The molecule has 0 saturated heterocycles. The number of aliphatic hydroxyl groups is 1. The molecular formula is C16H29N3O4. The van der Waals surface area contributed by atoms with E-state index >= 15 is 0 Å². The quantitative estimate of drug-likeness (QED) is 0.434. The topological polar surface area (TPSA) is 111 Å². The van der Waals surface area contributed by atoms with Gasteiger partial charge in [0.15, 0.2) is 0 Å². The normalized spacial score (nSPS) is 14.3. The molecule has 0 rings (SSSR count). The Morgan fingerprint density at radius 1 is 1.00 bits per heavy atom. The summed E-state index contributed by atoms with van der Waals surface area (Å²) < 4.78 is 0. The number of carbonyl (C=O) groups is 2. The lowest BCUT2D eigenvalue weighted by Gasteiger charge is -2.29. The van der Waals surface area contributed by atoms with Crippen molar-refractivity contribution < 1.29 is 19.8 Å². The van der Waals surface area contributed by atoms with Crippen molar-refractivity contribution in [1.82, 2.24) is 16.0 Å². The van der Waals surface area contributed by atoms with Gasteiger partial charge in [-0.3, -0.25) is 14.9 Å². The molecule has 0 aromatic rings. The van der Waals surface area contributed by atoms with Gasteiger partial charge >= 0.3 is 5.97 Å². The third-order valence-electron chi connectivity index (χ3n) is 2.69. The lowest BCUT2D eigenvalue weighted by Crippen LogP contribution is -2.56. The van der Waals surface area contributed by atoms with Crippen LogP contribution in [0, 0.1) is 12.0 Å². The van der Waals surface area contributed by atoms with Crippen molar-refractivity contribution in [3.63, 3.8) is 0 Å². The van der Waals surface area contributed by atoms with E-state index in [0.717, 1.165) is 0 Å². The SMILES string of the molecule is CC(C)(C)N[C@@H](CC#CO)C(=O)NC[C@@H](NC(C)(C)C)C(=O)O. The van der Waals surface area contributed by atoms with E-state index in [4.69, 9.17) is 5.11 Å². The van der Waals surface area contributed by atoms with Crippen LogP contribution in [0.2, 0.25) is 0 Å². The zero-order valence-electron chi connectivity index (χ0n) is 14.8. The second-order valence-electron chi connectivity index (χ2n) is 7.47. The Bertz CT molecular complexity index is 466. The molecule has 23 heavy (non-hydrogen) atoms. The van der Waals surface area contributed by atoms with E-state index in [2.05, 4.69) is 21.9 Å².